The number of aliphatic carboxylic acids is 1. The lowest BCUT2D eigenvalue weighted by atomic mass is 9.49. The van der Waals surface area contributed by atoms with Crippen LogP contribution in [0, 0.1) is 30.6 Å². The second kappa shape index (κ2) is 12.7. The number of carboxylic acid groups (broad SMARTS) is 1. The summed E-state index contributed by atoms with van der Waals surface area (Å²) in [5.74, 6) is -5.35. The van der Waals surface area contributed by atoms with Crippen molar-refractivity contribution in [1.82, 2.24) is 9.91 Å². The second-order valence-corrected chi connectivity index (χ2v) is 13.7. The van der Waals surface area contributed by atoms with Crippen LogP contribution in [0.5, 0.6) is 5.75 Å². The molecule has 10 heteroatoms. The fourth-order valence-electron chi connectivity index (χ4n) is 8.80. The van der Waals surface area contributed by atoms with E-state index in [1.54, 1.807) is 24.3 Å². The third-order valence-corrected chi connectivity index (χ3v) is 11.0. The molecule has 6 unspecified atom stereocenters. The lowest BCUT2D eigenvalue weighted by Gasteiger charge is -2.50. The van der Waals surface area contributed by atoms with Gasteiger partial charge in [-0.3, -0.25) is 34.3 Å². The molecule has 2 aliphatic carbocycles. The maximum atomic E-state index is 15.1. The Hall–Kier alpha value is -5.25. The number of aromatic hydroxyl groups is 1. The number of allylic oxidation sites excluding steroid dienone is 2. The topological polar surface area (TPSA) is 144 Å². The molecule has 3 fully saturated rings. The zero-order valence-electron chi connectivity index (χ0n) is 27.2. The maximum absolute atomic E-state index is 15.1. The van der Waals surface area contributed by atoms with E-state index in [1.165, 1.54) is 4.90 Å². The predicted octanol–water partition coefficient (Wildman–Crippen LogP) is 5.33. The number of hydrazine groups is 1. The number of phenols is 1. The predicted molar refractivity (Wildman–Crippen MR) is 180 cm³/mol. The molecule has 0 bridgehead atoms. The van der Waals surface area contributed by atoms with E-state index < -0.39 is 52.8 Å². The van der Waals surface area contributed by atoms with Crippen LogP contribution in [0.1, 0.15) is 61.1 Å². The van der Waals surface area contributed by atoms with Crippen LogP contribution < -0.4 is 5.43 Å². The number of nitrogens with one attached hydrogen (secondary N) is 1. The summed E-state index contributed by atoms with van der Waals surface area (Å²) in [6.45, 7) is 2.17. The minimum absolute atomic E-state index is 0.0359. The van der Waals surface area contributed by atoms with Crippen LogP contribution in [-0.2, 0) is 29.4 Å². The molecule has 2 heterocycles. The average molecular weight is 662 g/mol. The Kier molecular flexibility index (Phi) is 8.34. The molecule has 2 aliphatic heterocycles. The van der Waals surface area contributed by atoms with E-state index in [2.05, 4.69) is 5.43 Å². The number of hydrogen-bond acceptors (Lipinski definition) is 7. The molecule has 10 nitrogen and oxygen atoms in total. The normalized spacial score (nSPS) is 27.4. The molecule has 3 N–H and O–H groups in total. The number of amides is 4. The molecule has 7 rings (SSSR count). The number of likely N-dealkylation sites (tertiary alicyclic amines) is 1. The van der Waals surface area contributed by atoms with Crippen LogP contribution in [0.4, 0.5) is 5.69 Å². The van der Waals surface area contributed by atoms with Crippen LogP contribution in [0.25, 0.3) is 0 Å². The van der Waals surface area contributed by atoms with E-state index in [1.807, 2.05) is 67.6 Å². The molecule has 0 aromatic heterocycles. The van der Waals surface area contributed by atoms with Crippen molar-refractivity contribution in [3.63, 3.8) is 0 Å². The largest absolute Gasteiger partial charge is 0.508 e. The van der Waals surface area contributed by atoms with E-state index in [0.29, 0.717) is 36.9 Å². The molecule has 3 aromatic rings. The van der Waals surface area contributed by atoms with Gasteiger partial charge in [0.05, 0.1) is 28.9 Å². The summed E-state index contributed by atoms with van der Waals surface area (Å²) < 4.78 is 0. The van der Waals surface area contributed by atoms with Crippen molar-refractivity contribution < 1.29 is 34.2 Å². The zero-order chi connectivity index (χ0) is 34.4. The fraction of sp³-hybridized carbons (Fsp3) is 0.359. The van der Waals surface area contributed by atoms with Crippen molar-refractivity contribution in [2.75, 3.05) is 12.0 Å². The number of nitrogens with zero attached hydrogens (tertiary/aromatic N) is 2. The summed E-state index contributed by atoms with van der Waals surface area (Å²) >= 11 is 0. The molecule has 3 aromatic carbocycles. The molecule has 49 heavy (non-hydrogen) atoms. The number of rotatable bonds is 10. The highest BCUT2D eigenvalue weighted by Crippen LogP contribution is 2.64. The van der Waals surface area contributed by atoms with E-state index in [0.717, 1.165) is 21.7 Å². The number of carbonyl (C=O) groups is 5. The van der Waals surface area contributed by atoms with Gasteiger partial charge in [0, 0.05) is 18.9 Å². The minimum atomic E-state index is -1.36. The van der Waals surface area contributed by atoms with Gasteiger partial charge < -0.3 is 10.2 Å². The maximum Gasteiger partial charge on any atom is 0.303 e. The number of carboxylic acids is 1. The number of aryl methyl sites for hydroxylation is 1. The highest BCUT2D eigenvalue weighted by atomic mass is 16.4. The van der Waals surface area contributed by atoms with Gasteiger partial charge in [0.1, 0.15) is 5.75 Å². The Balaban J connectivity index is 1.32. The van der Waals surface area contributed by atoms with Gasteiger partial charge in [-0.1, -0.05) is 78.2 Å². The van der Waals surface area contributed by atoms with Gasteiger partial charge in [0.15, 0.2) is 0 Å². The van der Waals surface area contributed by atoms with Gasteiger partial charge in [-0.05, 0) is 73.9 Å². The van der Waals surface area contributed by atoms with Crippen LogP contribution in [0.2, 0.25) is 0 Å². The number of carbonyl (C=O) groups excluding carboxylic acids is 4. The molecular formula is C39H39N3O7. The first-order chi connectivity index (χ1) is 23.6. The van der Waals surface area contributed by atoms with Crippen molar-refractivity contribution in [3.8, 4) is 5.75 Å². The van der Waals surface area contributed by atoms with Crippen LogP contribution in [-0.4, -0.2) is 56.3 Å². The zero-order valence-corrected chi connectivity index (χ0v) is 27.2. The lowest BCUT2D eigenvalue weighted by Crippen LogP contribution is -2.53. The highest BCUT2D eigenvalue weighted by molar-refractivity contribution is 6.13. The van der Waals surface area contributed by atoms with Crippen LogP contribution in [0.3, 0.4) is 0 Å². The van der Waals surface area contributed by atoms with Crippen LogP contribution in [0.15, 0.2) is 90.5 Å². The average Bonchev–Trinajstić information content (AvgIpc) is 3.47. The smallest absolute Gasteiger partial charge is 0.303 e. The van der Waals surface area contributed by atoms with Gasteiger partial charge in [-0.2, -0.15) is 5.01 Å². The summed E-state index contributed by atoms with van der Waals surface area (Å²) in [4.78, 5) is 69.9. The summed E-state index contributed by atoms with van der Waals surface area (Å²) in [5, 5.41) is 20.4. The van der Waals surface area contributed by atoms with E-state index in [-0.39, 0.29) is 37.0 Å². The fourth-order valence-corrected chi connectivity index (χ4v) is 8.80. The molecule has 4 aliphatic rings. The SMILES string of the molecule is Cc1ccc(NN2C(=O)C3CC4C(=CCC5C(=O)N(CCCCCC(=O)O)C(=O)C54)C(c4ccc(O)cc4)C3(c3ccccc3)C2=O)cc1. The Bertz CT molecular complexity index is 1840. The van der Waals surface area contributed by atoms with E-state index in [9.17, 15) is 24.3 Å². The highest BCUT2D eigenvalue weighted by Gasteiger charge is 2.70. The number of unbranched alkanes of at least 4 members (excludes halogenated alkanes) is 2. The summed E-state index contributed by atoms with van der Waals surface area (Å²) in [6, 6.07) is 23.4. The van der Waals surface area contributed by atoms with Crippen LogP contribution >= 0.6 is 0 Å². The third kappa shape index (κ3) is 5.30. The molecule has 4 amide bonds. The number of imide groups is 2. The van der Waals surface area contributed by atoms with Gasteiger partial charge in [-0.25, -0.2) is 0 Å². The number of hydrogen-bond donors (Lipinski definition) is 3. The summed E-state index contributed by atoms with van der Waals surface area (Å²) in [6.07, 6.45) is 4.14. The molecule has 0 spiro atoms. The first-order valence-corrected chi connectivity index (χ1v) is 17.0. The standard InChI is InChI=1S/C39H39N3O7/c1-23-11-15-26(16-12-23)40-42-36(47)31-22-30-28(19-20-29-33(30)37(48)41(35(29)46)21-7-3-6-10-32(44)45)34(24-13-17-27(43)18-14-24)39(31,38(42)49)25-8-4-2-5-9-25/h2,4-5,8-9,11-19,29-31,33-34,40,43H,3,6-7,10,20-22H2,1H3,(H,44,45). The Labute approximate surface area is 284 Å². The number of benzene rings is 3. The quantitative estimate of drug-likeness (QED) is 0.150. The molecule has 1 saturated carbocycles. The van der Waals surface area contributed by atoms with E-state index >= 15 is 4.79 Å². The number of anilines is 1. The van der Waals surface area contributed by atoms with Crippen molar-refractivity contribution in [2.24, 2.45) is 23.7 Å². The summed E-state index contributed by atoms with van der Waals surface area (Å²) in [5.41, 5.74) is 5.62. The summed E-state index contributed by atoms with van der Waals surface area (Å²) in [7, 11) is 0. The molecule has 0 radical (unpaired) electrons. The Morgan fingerprint density at radius 2 is 1.57 bits per heavy atom. The molecular weight excluding hydrogens is 622 g/mol. The van der Waals surface area contributed by atoms with Crippen molar-refractivity contribution in [3.05, 3.63) is 107 Å². The van der Waals surface area contributed by atoms with Gasteiger partial charge in [0.25, 0.3) is 11.8 Å². The van der Waals surface area contributed by atoms with Crippen molar-refractivity contribution in [2.45, 2.75) is 56.8 Å². The first kappa shape index (κ1) is 32.3. The van der Waals surface area contributed by atoms with Gasteiger partial charge >= 0.3 is 5.97 Å². The Morgan fingerprint density at radius 1 is 0.857 bits per heavy atom. The first-order valence-electron chi connectivity index (χ1n) is 17.0. The van der Waals surface area contributed by atoms with E-state index in [4.69, 9.17) is 5.11 Å². The molecule has 2 saturated heterocycles. The van der Waals surface area contributed by atoms with Gasteiger partial charge in [-0.15, -0.1) is 0 Å². The number of fused-ring (bicyclic) bond motifs is 4. The van der Waals surface area contributed by atoms with Crippen molar-refractivity contribution in [1.29, 1.82) is 0 Å². The van der Waals surface area contributed by atoms with Crippen molar-refractivity contribution >= 4 is 35.3 Å². The number of phenolic OH excluding ortho intramolecular Hbond substituents is 1. The third-order valence-electron chi connectivity index (χ3n) is 11.0. The minimum Gasteiger partial charge on any atom is -0.508 e. The Morgan fingerprint density at radius 3 is 2.27 bits per heavy atom. The lowest BCUT2D eigenvalue weighted by molar-refractivity contribution is -0.141. The van der Waals surface area contributed by atoms with Gasteiger partial charge in [0.2, 0.25) is 11.8 Å². The second-order valence-electron chi connectivity index (χ2n) is 13.7. The monoisotopic (exact) mass is 661 g/mol. The molecule has 252 valence electrons. The molecule has 6 atom stereocenters.